The summed E-state index contributed by atoms with van der Waals surface area (Å²) >= 11 is 0. The standard InChI is InChI=1S/C25H42O3.C25H40O3/c2*1-5-17-21-14-16(27)8-11-25(21,4)20-9-12-24(3)18(15(2)10-13-26)6-7-19(24)22(20)23(17)28/h5,15-16,18-23,26-28H,6-14H2,1-4H3;5,15-16,18-22,26-27H,6-14H2,1-4H3/b2*17-5-/t15-,16-,18-,19?,20?,21?,22?,23-,24-,25-;15-,16-,18-,19?,20?,21?,22?,24-,25-/m11/s1. The van der Waals surface area contributed by atoms with Crippen molar-refractivity contribution in [2.45, 2.75) is 176 Å². The van der Waals surface area contributed by atoms with Gasteiger partial charge in [-0.15, -0.1) is 0 Å². The molecule has 0 amide bonds. The summed E-state index contributed by atoms with van der Waals surface area (Å²) in [5.41, 5.74) is 3.17. The molecule has 0 aromatic heterocycles. The molecule has 0 aliphatic heterocycles. The van der Waals surface area contributed by atoms with Crippen molar-refractivity contribution in [2.75, 3.05) is 13.2 Å². The van der Waals surface area contributed by atoms with Gasteiger partial charge < -0.3 is 25.5 Å². The van der Waals surface area contributed by atoms with Crippen LogP contribution in [0, 0.1) is 92.7 Å². The SMILES string of the molecule is C/C=C1/C2C[C@H](O)CC[C@]2(C)C2CC[C@@]3(C)C(CC[C@@H]3[C@H](C)CCO)C2[C@@H]1O.C/C=C1\C(=O)C2C(CC[C@@]3(C)C2CC[C@@H]3[C@H](C)CCO)[C@@]2(C)CC[C@@H](O)CC12. The summed E-state index contributed by atoms with van der Waals surface area (Å²) in [5, 5.41) is 51.3. The van der Waals surface area contributed by atoms with Crippen LogP contribution in [0.4, 0.5) is 0 Å². The molecule has 56 heavy (non-hydrogen) atoms. The van der Waals surface area contributed by atoms with Crippen LogP contribution in [0.2, 0.25) is 0 Å². The Bertz CT molecular complexity index is 1490. The number of carbonyl (C=O) groups is 1. The average Bonchev–Trinajstić information content (AvgIpc) is 3.71. The summed E-state index contributed by atoms with van der Waals surface area (Å²) in [7, 11) is 0. The van der Waals surface area contributed by atoms with E-state index < -0.39 is 0 Å². The van der Waals surface area contributed by atoms with Crippen LogP contribution >= 0.6 is 0 Å². The topological polar surface area (TPSA) is 118 Å². The molecule has 0 heterocycles. The van der Waals surface area contributed by atoms with Crippen molar-refractivity contribution in [3.63, 3.8) is 0 Å². The van der Waals surface area contributed by atoms with Gasteiger partial charge in [0.25, 0.3) is 0 Å². The molecule has 0 aromatic rings. The second kappa shape index (κ2) is 16.1. The minimum Gasteiger partial charge on any atom is -0.396 e. The van der Waals surface area contributed by atoms with E-state index in [1.807, 2.05) is 6.92 Å². The second-order valence-corrected chi connectivity index (χ2v) is 22.3. The van der Waals surface area contributed by atoms with E-state index in [0.29, 0.717) is 70.4 Å². The quantitative estimate of drug-likeness (QED) is 0.136. The molecule has 0 radical (unpaired) electrons. The number of rotatable bonds is 6. The number of allylic oxidation sites excluding steroid dienone is 3. The summed E-state index contributed by atoms with van der Waals surface area (Å²) in [6, 6.07) is 0. The van der Waals surface area contributed by atoms with Crippen LogP contribution in [0.15, 0.2) is 23.3 Å². The van der Waals surface area contributed by atoms with Crippen molar-refractivity contribution >= 4 is 5.78 Å². The normalized spacial score (nSPS) is 52.1. The molecule has 0 aromatic carbocycles. The molecule has 8 aliphatic rings. The maximum Gasteiger partial charge on any atom is 0.162 e. The number of fused-ring (bicyclic) bond motifs is 10. The third kappa shape index (κ3) is 6.62. The highest BCUT2D eigenvalue weighted by Crippen LogP contribution is 2.70. The van der Waals surface area contributed by atoms with Crippen molar-refractivity contribution in [2.24, 2.45) is 92.7 Å². The Labute approximate surface area is 340 Å². The zero-order chi connectivity index (χ0) is 40.5. The molecule has 0 saturated heterocycles. The Morgan fingerprint density at radius 3 is 1.59 bits per heavy atom. The molecule has 8 rings (SSSR count). The molecule has 8 aliphatic carbocycles. The number of aliphatic hydroxyl groups is 5. The van der Waals surface area contributed by atoms with Gasteiger partial charge in [0.15, 0.2) is 5.78 Å². The fourth-order valence-corrected chi connectivity index (χ4v) is 17.4. The number of hydrogen-bond acceptors (Lipinski definition) is 6. The summed E-state index contributed by atoms with van der Waals surface area (Å²) in [5.74, 6) is 6.07. The van der Waals surface area contributed by atoms with E-state index in [2.05, 4.69) is 60.6 Å². The Morgan fingerprint density at radius 1 is 0.607 bits per heavy atom. The predicted octanol–water partition coefficient (Wildman–Crippen LogP) is 9.31. The molecule has 19 atom stereocenters. The van der Waals surface area contributed by atoms with Gasteiger partial charge in [0, 0.05) is 19.1 Å². The van der Waals surface area contributed by atoms with Gasteiger partial charge in [-0.1, -0.05) is 53.7 Å². The van der Waals surface area contributed by atoms with Crippen molar-refractivity contribution in [3.8, 4) is 0 Å². The minimum absolute atomic E-state index is 0.162. The highest BCUT2D eigenvalue weighted by atomic mass is 16.3. The van der Waals surface area contributed by atoms with Crippen molar-refractivity contribution in [1.29, 1.82) is 0 Å². The van der Waals surface area contributed by atoms with Crippen LogP contribution in [0.5, 0.6) is 0 Å². The van der Waals surface area contributed by atoms with E-state index >= 15 is 0 Å². The molecule has 8 saturated carbocycles. The van der Waals surface area contributed by atoms with Crippen LogP contribution in [0.25, 0.3) is 0 Å². The van der Waals surface area contributed by atoms with Gasteiger partial charge in [-0.3, -0.25) is 4.79 Å². The summed E-state index contributed by atoms with van der Waals surface area (Å²) in [6.07, 6.45) is 20.5. The molecule has 318 valence electrons. The molecular formula is C50H82O6. The first-order valence-corrected chi connectivity index (χ1v) is 23.7. The van der Waals surface area contributed by atoms with Gasteiger partial charge in [0.05, 0.1) is 18.3 Å². The van der Waals surface area contributed by atoms with Crippen LogP contribution in [-0.4, -0.2) is 62.8 Å². The lowest BCUT2D eigenvalue weighted by atomic mass is 9.42. The van der Waals surface area contributed by atoms with Crippen molar-refractivity contribution < 1.29 is 30.3 Å². The van der Waals surface area contributed by atoms with E-state index in [-0.39, 0.29) is 59.6 Å². The van der Waals surface area contributed by atoms with Gasteiger partial charge in [-0.2, -0.15) is 0 Å². The van der Waals surface area contributed by atoms with Crippen molar-refractivity contribution in [3.05, 3.63) is 23.3 Å². The van der Waals surface area contributed by atoms with Crippen LogP contribution in [0.3, 0.4) is 0 Å². The van der Waals surface area contributed by atoms with E-state index in [0.717, 1.165) is 63.4 Å². The Kier molecular flexibility index (Phi) is 12.4. The number of hydrogen-bond donors (Lipinski definition) is 5. The molecule has 0 spiro atoms. The Balaban J connectivity index is 0.000000172. The highest BCUT2D eigenvalue weighted by molar-refractivity contribution is 5.99. The van der Waals surface area contributed by atoms with Gasteiger partial charge in [-0.05, 0) is 214 Å². The summed E-state index contributed by atoms with van der Waals surface area (Å²) < 4.78 is 0. The van der Waals surface area contributed by atoms with E-state index in [1.54, 1.807) is 0 Å². The van der Waals surface area contributed by atoms with Gasteiger partial charge >= 0.3 is 0 Å². The molecular weight excluding hydrogens is 697 g/mol. The first-order valence-electron chi connectivity index (χ1n) is 23.7. The second-order valence-electron chi connectivity index (χ2n) is 22.3. The lowest BCUT2D eigenvalue weighted by Crippen LogP contribution is -2.59. The Hall–Kier alpha value is -1.05. The van der Waals surface area contributed by atoms with Crippen LogP contribution in [0.1, 0.15) is 158 Å². The van der Waals surface area contributed by atoms with Gasteiger partial charge in [0.2, 0.25) is 0 Å². The zero-order valence-electron chi connectivity index (χ0n) is 36.7. The maximum atomic E-state index is 13.8. The third-order valence-electron chi connectivity index (χ3n) is 20.3. The summed E-state index contributed by atoms with van der Waals surface area (Å²) in [6.45, 7) is 19.2. The lowest BCUT2D eigenvalue weighted by molar-refractivity contribution is -0.150. The smallest absolute Gasteiger partial charge is 0.162 e. The number of ketones is 1. The van der Waals surface area contributed by atoms with Gasteiger partial charge in [-0.25, -0.2) is 0 Å². The maximum absolute atomic E-state index is 13.8. The first kappa shape index (κ1) is 43.1. The van der Waals surface area contributed by atoms with Gasteiger partial charge in [0.1, 0.15) is 0 Å². The molecule has 8 unspecified atom stereocenters. The summed E-state index contributed by atoms with van der Waals surface area (Å²) in [4.78, 5) is 13.8. The molecule has 0 bridgehead atoms. The van der Waals surface area contributed by atoms with Crippen LogP contribution < -0.4 is 0 Å². The average molecular weight is 779 g/mol. The third-order valence-corrected chi connectivity index (χ3v) is 20.3. The predicted molar refractivity (Wildman–Crippen MR) is 224 cm³/mol. The zero-order valence-corrected chi connectivity index (χ0v) is 36.7. The molecule has 6 heteroatoms. The highest BCUT2D eigenvalue weighted by Gasteiger charge is 2.66. The number of aliphatic hydroxyl groups excluding tert-OH is 5. The van der Waals surface area contributed by atoms with Crippen LogP contribution in [-0.2, 0) is 4.79 Å². The van der Waals surface area contributed by atoms with E-state index in [4.69, 9.17) is 0 Å². The van der Waals surface area contributed by atoms with E-state index in [1.165, 1.54) is 50.5 Å². The fraction of sp³-hybridized carbons (Fsp3) is 0.900. The molecule has 6 nitrogen and oxygen atoms in total. The molecule has 8 fully saturated rings. The monoisotopic (exact) mass is 779 g/mol. The fourth-order valence-electron chi connectivity index (χ4n) is 17.4. The lowest BCUT2D eigenvalue weighted by Gasteiger charge is -2.63. The minimum atomic E-state index is -0.338. The van der Waals surface area contributed by atoms with Crippen molar-refractivity contribution in [1.82, 2.24) is 0 Å². The number of Topliss-reactive ketones (excluding diaryl/α,β-unsaturated/α-hetero) is 1. The largest absolute Gasteiger partial charge is 0.396 e. The number of carbonyl (C=O) groups excluding carboxylic acids is 1. The first-order chi connectivity index (χ1) is 26.5. The van der Waals surface area contributed by atoms with E-state index in [9.17, 15) is 30.3 Å². The Morgan fingerprint density at radius 2 is 1.05 bits per heavy atom. The molecule has 5 N–H and O–H groups in total.